The Bertz CT molecular complexity index is 1880. The first kappa shape index (κ1) is 26.8. The van der Waals surface area contributed by atoms with Crippen LogP contribution in [-0.2, 0) is 13.6 Å². The lowest BCUT2D eigenvalue weighted by atomic mass is 10.1. The first-order valence-electron chi connectivity index (χ1n) is 13.1. The van der Waals surface area contributed by atoms with Crippen molar-refractivity contribution in [3.05, 3.63) is 90.4 Å². The Hall–Kier alpha value is -5.39. The molecule has 42 heavy (non-hydrogen) atoms. The van der Waals surface area contributed by atoms with Crippen LogP contribution in [0.2, 0.25) is 0 Å². The van der Waals surface area contributed by atoms with Crippen molar-refractivity contribution in [3.63, 3.8) is 0 Å². The fraction of sp³-hybridized carbons (Fsp3) is 0.167. The quantitative estimate of drug-likeness (QED) is 0.235. The SMILES string of the molecule is CCOc1cc(F)c(Cn2nc(-c3nc(Nc4ccncc4OC)cc(-c4ccn(C)n4)n3)c3ccccc32)c(F)c1. The summed E-state index contributed by atoms with van der Waals surface area (Å²) in [6.07, 6.45) is 5.06. The number of nitrogens with one attached hydrogen (secondary N) is 1. The van der Waals surface area contributed by atoms with Gasteiger partial charge >= 0.3 is 0 Å². The van der Waals surface area contributed by atoms with Gasteiger partial charge in [-0.1, -0.05) is 18.2 Å². The van der Waals surface area contributed by atoms with Crippen LogP contribution in [-0.4, -0.2) is 48.2 Å². The van der Waals surface area contributed by atoms with Crippen LogP contribution in [0.15, 0.2) is 73.2 Å². The molecule has 4 aromatic heterocycles. The molecular formula is C30H26F2N8O2. The maximum Gasteiger partial charge on any atom is 0.183 e. The molecule has 1 N–H and O–H groups in total. The standard InChI is InChI=1S/C30H26F2N8O2/c1-4-42-18-13-21(31)20(22(32)14-18)17-40-26-8-6-5-7-19(26)29(38-40)30-35-25(23-10-12-39(2)37-23)15-28(36-30)34-24-9-11-33-16-27(24)41-3/h5-16H,4,17H2,1-3H3,(H,33,34,35,36). The van der Waals surface area contributed by atoms with Crippen molar-refractivity contribution in [1.82, 2.24) is 34.5 Å². The molecule has 0 unspecified atom stereocenters. The molecule has 0 aliphatic rings. The number of ether oxygens (including phenoxy) is 2. The number of halogens is 2. The molecule has 4 heterocycles. The lowest BCUT2D eigenvalue weighted by Gasteiger charge is -2.11. The van der Waals surface area contributed by atoms with Crippen LogP contribution in [0.4, 0.5) is 20.3 Å². The van der Waals surface area contributed by atoms with Gasteiger partial charge in [0.2, 0.25) is 0 Å². The predicted octanol–water partition coefficient (Wildman–Crippen LogP) is 5.77. The zero-order valence-corrected chi connectivity index (χ0v) is 23.0. The minimum Gasteiger partial charge on any atom is -0.494 e. The Kier molecular flexibility index (Phi) is 7.17. The molecule has 2 aromatic carbocycles. The molecule has 6 aromatic rings. The van der Waals surface area contributed by atoms with Gasteiger partial charge in [0.15, 0.2) is 11.6 Å². The van der Waals surface area contributed by atoms with Crippen LogP contribution in [0.1, 0.15) is 12.5 Å². The van der Waals surface area contributed by atoms with Gasteiger partial charge in [-0.15, -0.1) is 0 Å². The summed E-state index contributed by atoms with van der Waals surface area (Å²) in [6, 6.07) is 15.1. The second kappa shape index (κ2) is 11.2. The molecule has 12 heteroatoms. The van der Waals surface area contributed by atoms with Gasteiger partial charge in [-0.25, -0.2) is 18.7 Å². The highest BCUT2D eigenvalue weighted by Gasteiger charge is 2.20. The normalized spacial score (nSPS) is 11.2. The third-order valence-corrected chi connectivity index (χ3v) is 6.57. The number of methoxy groups -OCH3 is 1. The van der Waals surface area contributed by atoms with Crippen LogP contribution < -0.4 is 14.8 Å². The highest BCUT2D eigenvalue weighted by molar-refractivity contribution is 5.92. The topological polar surface area (TPSA) is 105 Å². The summed E-state index contributed by atoms with van der Waals surface area (Å²) in [4.78, 5) is 13.7. The third kappa shape index (κ3) is 5.21. The minimum absolute atomic E-state index is 0.131. The van der Waals surface area contributed by atoms with Gasteiger partial charge in [-0.05, 0) is 25.1 Å². The number of para-hydroxylation sites is 1. The van der Waals surface area contributed by atoms with E-state index in [2.05, 4.69) is 15.4 Å². The Balaban J connectivity index is 1.47. The van der Waals surface area contributed by atoms with E-state index in [-0.39, 0.29) is 17.9 Å². The number of hydrogen-bond donors (Lipinski definition) is 1. The Morgan fingerprint density at radius 2 is 1.76 bits per heavy atom. The fourth-order valence-corrected chi connectivity index (χ4v) is 4.63. The van der Waals surface area contributed by atoms with Gasteiger partial charge in [0.25, 0.3) is 0 Å². The number of anilines is 2. The van der Waals surface area contributed by atoms with E-state index < -0.39 is 11.6 Å². The molecule has 0 aliphatic heterocycles. The van der Waals surface area contributed by atoms with Gasteiger partial charge in [0.05, 0.1) is 43.4 Å². The second-order valence-electron chi connectivity index (χ2n) is 9.36. The first-order valence-corrected chi connectivity index (χ1v) is 13.1. The molecular weight excluding hydrogens is 542 g/mol. The van der Waals surface area contributed by atoms with Crippen molar-refractivity contribution in [2.75, 3.05) is 19.0 Å². The number of aryl methyl sites for hydroxylation is 1. The van der Waals surface area contributed by atoms with Crippen LogP contribution in [0.3, 0.4) is 0 Å². The van der Waals surface area contributed by atoms with Crippen LogP contribution in [0, 0.1) is 11.6 Å². The lowest BCUT2D eigenvalue weighted by molar-refractivity contribution is 0.335. The number of rotatable bonds is 9. The van der Waals surface area contributed by atoms with E-state index in [1.54, 1.807) is 47.9 Å². The average Bonchev–Trinajstić information content (AvgIpc) is 3.59. The molecule has 10 nitrogen and oxygen atoms in total. The van der Waals surface area contributed by atoms with E-state index in [4.69, 9.17) is 24.5 Å². The number of benzene rings is 2. The fourth-order valence-electron chi connectivity index (χ4n) is 4.63. The van der Waals surface area contributed by atoms with Gasteiger partial charge in [-0.2, -0.15) is 10.2 Å². The number of nitrogens with zero attached hydrogens (tertiary/aromatic N) is 7. The monoisotopic (exact) mass is 568 g/mol. The molecule has 0 saturated heterocycles. The Morgan fingerprint density at radius 1 is 0.952 bits per heavy atom. The van der Waals surface area contributed by atoms with E-state index in [0.29, 0.717) is 52.3 Å². The molecule has 0 saturated carbocycles. The summed E-state index contributed by atoms with van der Waals surface area (Å²) >= 11 is 0. The molecule has 0 aliphatic carbocycles. The highest BCUT2D eigenvalue weighted by Crippen LogP contribution is 2.32. The first-order chi connectivity index (χ1) is 20.4. The highest BCUT2D eigenvalue weighted by atomic mass is 19.1. The summed E-state index contributed by atoms with van der Waals surface area (Å²) in [7, 11) is 3.38. The van der Waals surface area contributed by atoms with Gasteiger partial charge < -0.3 is 14.8 Å². The van der Waals surface area contributed by atoms with E-state index in [1.807, 2.05) is 43.6 Å². The molecule has 0 atom stereocenters. The Morgan fingerprint density at radius 3 is 2.50 bits per heavy atom. The molecule has 0 radical (unpaired) electrons. The molecule has 0 amide bonds. The van der Waals surface area contributed by atoms with E-state index >= 15 is 0 Å². The van der Waals surface area contributed by atoms with E-state index in [0.717, 1.165) is 5.39 Å². The molecule has 212 valence electrons. The molecule has 0 fully saturated rings. The number of hydrogen-bond acceptors (Lipinski definition) is 8. The molecule has 6 rings (SSSR count). The minimum atomic E-state index is -0.717. The van der Waals surface area contributed by atoms with Gasteiger partial charge in [-0.3, -0.25) is 14.3 Å². The smallest absolute Gasteiger partial charge is 0.183 e. The van der Waals surface area contributed by atoms with Crippen molar-refractivity contribution in [2.24, 2.45) is 7.05 Å². The van der Waals surface area contributed by atoms with Crippen LogP contribution in [0.5, 0.6) is 11.5 Å². The summed E-state index contributed by atoms with van der Waals surface area (Å²) < 4.78 is 43.9. The van der Waals surface area contributed by atoms with Crippen LogP contribution in [0.25, 0.3) is 33.8 Å². The summed E-state index contributed by atoms with van der Waals surface area (Å²) in [5.41, 5.74) is 2.82. The zero-order chi connectivity index (χ0) is 29.2. The Labute approximate surface area is 239 Å². The van der Waals surface area contributed by atoms with E-state index in [9.17, 15) is 8.78 Å². The second-order valence-corrected chi connectivity index (χ2v) is 9.36. The summed E-state index contributed by atoms with van der Waals surface area (Å²) in [5.74, 6) is -0.000722. The maximum absolute atomic E-state index is 15.0. The summed E-state index contributed by atoms with van der Waals surface area (Å²) in [6.45, 7) is 1.90. The van der Waals surface area contributed by atoms with Crippen LogP contribution >= 0.6 is 0 Å². The number of aromatic nitrogens is 7. The van der Waals surface area contributed by atoms with E-state index in [1.165, 1.54) is 12.1 Å². The maximum atomic E-state index is 15.0. The van der Waals surface area contributed by atoms with Crippen molar-refractivity contribution in [3.8, 4) is 34.4 Å². The largest absolute Gasteiger partial charge is 0.494 e. The average molecular weight is 569 g/mol. The van der Waals surface area contributed by atoms with Gasteiger partial charge in [0.1, 0.15) is 34.6 Å². The van der Waals surface area contributed by atoms with Crippen molar-refractivity contribution < 1.29 is 18.3 Å². The zero-order valence-electron chi connectivity index (χ0n) is 23.0. The summed E-state index contributed by atoms with van der Waals surface area (Å²) in [5, 5.41) is 13.3. The molecule has 0 spiro atoms. The van der Waals surface area contributed by atoms with Gasteiger partial charge in [0, 0.05) is 48.6 Å². The van der Waals surface area contributed by atoms with Crippen molar-refractivity contribution in [2.45, 2.75) is 13.5 Å². The lowest BCUT2D eigenvalue weighted by Crippen LogP contribution is -2.07. The number of fused-ring (bicyclic) bond motifs is 1. The predicted molar refractivity (Wildman–Crippen MR) is 154 cm³/mol. The van der Waals surface area contributed by atoms with Crippen molar-refractivity contribution in [1.29, 1.82) is 0 Å². The third-order valence-electron chi connectivity index (χ3n) is 6.57. The van der Waals surface area contributed by atoms with Crippen molar-refractivity contribution >= 4 is 22.4 Å². The number of pyridine rings is 1. The molecule has 0 bridgehead atoms.